The van der Waals surface area contributed by atoms with E-state index in [2.05, 4.69) is 23.7 Å². The van der Waals surface area contributed by atoms with E-state index in [1.165, 1.54) is 6.20 Å². The highest BCUT2D eigenvalue weighted by molar-refractivity contribution is 6.11. The van der Waals surface area contributed by atoms with Crippen molar-refractivity contribution in [2.45, 2.75) is 13.8 Å². The summed E-state index contributed by atoms with van der Waals surface area (Å²) < 4.78 is 0. The minimum atomic E-state index is 0.331. The summed E-state index contributed by atoms with van der Waals surface area (Å²) in [6.07, 6.45) is 9.25. The van der Waals surface area contributed by atoms with Gasteiger partial charge in [-0.3, -0.25) is 4.99 Å². The topological polar surface area (TPSA) is 41.8 Å². The Morgan fingerprint density at radius 3 is 2.73 bits per heavy atom. The summed E-state index contributed by atoms with van der Waals surface area (Å²) in [5, 5.41) is 2.94. The molecule has 0 aliphatic heterocycles. The molecule has 0 radical (unpaired) electrons. The summed E-state index contributed by atoms with van der Waals surface area (Å²) >= 11 is 0. The van der Waals surface area contributed by atoms with Crippen molar-refractivity contribution in [1.29, 1.82) is 0 Å². The van der Waals surface area contributed by atoms with Crippen molar-refractivity contribution in [3.63, 3.8) is 0 Å². The van der Waals surface area contributed by atoms with Crippen LogP contribution in [0.4, 0.5) is 0 Å². The van der Waals surface area contributed by atoms with Crippen LogP contribution in [0, 0.1) is 10.8 Å². The Balaban J connectivity index is 3.27. The Labute approximate surface area is 89.6 Å². The molecule has 15 heavy (non-hydrogen) atoms. The van der Waals surface area contributed by atoms with Crippen LogP contribution >= 0.6 is 0 Å². The molecule has 1 rings (SSSR count). The van der Waals surface area contributed by atoms with Crippen molar-refractivity contribution in [3.05, 3.63) is 53.3 Å². The molecule has 0 saturated heterocycles. The van der Waals surface area contributed by atoms with Crippen LogP contribution in [0.3, 0.4) is 0 Å². The van der Waals surface area contributed by atoms with Crippen molar-refractivity contribution < 1.29 is 0 Å². The van der Waals surface area contributed by atoms with Crippen molar-refractivity contribution in [3.8, 4) is 0 Å². The maximum absolute atomic E-state index is 10.5. The summed E-state index contributed by atoms with van der Waals surface area (Å²) in [6.45, 7) is 7.28. The second-order valence-electron chi connectivity index (χ2n) is 3.36. The van der Waals surface area contributed by atoms with Gasteiger partial charge in [-0.05, 0) is 24.1 Å². The van der Waals surface area contributed by atoms with Crippen LogP contribution in [0.1, 0.15) is 13.8 Å². The molecule has 3 heteroatoms. The van der Waals surface area contributed by atoms with E-state index in [9.17, 15) is 4.91 Å². The van der Waals surface area contributed by atoms with Gasteiger partial charge >= 0.3 is 0 Å². The zero-order chi connectivity index (χ0) is 11.3. The molecule has 0 aromatic heterocycles. The average Bonchev–Trinajstić information content (AvgIpc) is 2.41. The molecule has 3 nitrogen and oxygen atoms in total. The number of rotatable bonds is 2. The number of hydrogen-bond donors (Lipinski definition) is 0. The van der Waals surface area contributed by atoms with Gasteiger partial charge in [-0.2, -0.15) is 0 Å². The van der Waals surface area contributed by atoms with Crippen LogP contribution in [0.15, 0.2) is 58.5 Å². The first-order chi connectivity index (χ1) is 7.19. The average molecular weight is 202 g/mol. The second kappa shape index (κ2) is 5.20. The summed E-state index contributed by atoms with van der Waals surface area (Å²) in [6, 6.07) is 0. The van der Waals surface area contributed by atoms with Gasteiger partial charge in [0.15, 0.2) is 0 Å². The van der Waals surface area contributed by atoms with E-state index < -0.39 is 0 Å². The highest BCUT2D eigenvalue weighted by atomic mass is 16.3. The van der Waals surface area contributed by atoms with Crippen LogP contribution in [0.2, 0.25) is 0 Å². The first-order valence-electron chi connectivity index (χ1n) is 4.78. The summed E-state index contributed by atoms with van der Waals surface area (Å²) in [5.41, 5.74) is 1.92. The van der Waals surface area contributed by atoms with E-state index in [4.69, 9.17) is 0 Å². The fourth-order valence-corrected chi connectivity index (χ4v) is 1.30. The quantitative estimate of drug-likeness (QED) is 0.633. The minimum Gasteiger partial charge on any atom is -0.257 e. The van der Waals surface area contributed by atoms with Crippen LogP contribution in [-0.4, -0.2) is 5.71 Å². The zero-order valence-corrected chi connectivity index (χ0v) is 8.97. The lowest BCUT2D eigenvalue weighted by Gasteiger charge is -2.00. The largest absolute Gasteiger partial charge is 0.257 e. The molecule has 0 spiro atoms. The number of hydrogen-bond acceptors (Lipinski definition) is 3. The number of aliphatic imine (C=N–C) groups is 1. The van der Waals surface area contributed by atoms with E-state index in [1.54, 1.807) is 6.92 Å². The Morgan fingerprint density at radius 2 is 2.13 bits per heavy atom. The molecular weight excluding hydrogens is 188 g/mol. The molecule has 0 saturated carbocycles. The first-order valence-corrected chi connectivity index (χ1v) is 4.78. The van der Waals surface area contributed by atoms with E-state index in [0.717, 1.165) is 11.3 Å². The van der Waals surface area contributed by atoms with Crippen molar-refractivity contribution in [2.24, 2.45) is 16.1 Å². The Morgan fingerprint density at radius 1 is 1.47 bits per heavy atom. The monoisotopic (exact) mass is 202 g/mol. The van der Waals surface area contributed by atoms with Gasteiger partial charge in [-0.15, -0.1) is 4.91 Å². The summed E-state index contributed by atoms with van der Waals surface area (Å²) in [5.74, 6) is 0.331. The number of allylic oxidation sites excluding steroid dienone is 6. The van der Waals surface area contributed by atoms with Gasteiger partial charge in [-0.1, -0.05) is 31.7 Å². The first kappa shape index (κ1) is 11.3. The Kier molecular flexibility index (Phi) is 3.92. The smallest absolute Gasteiger partial charge is 0.0911 e. The van der Waals surface area contributed by atoms with Crippen LogP contribution < -0.4 is 0 Å². The van der Waals surface area contributed by atoms with E-state index in [1.807, 2.05) is 24.3 Å². The third-order valence-electron chi connectivity index (χ3n) is 2.16. The molecule has 0 heterocycles. The highest BCUT2D eigenvalue weighted by Crippen LogP contribution is 2.17. The molecule has 0 unspecified atom stereocenters. The summed E-state index contributed by atoms with van der Waals surface area (Å²) in [4.78, 5) is 14.6. The van der Waals surface area contributed by atoms with E-state index in [-0.39, 0.29) is 0 Å². The molecule has 1 aliphatic carbocycles. The van der Waals surface area contributed by atoms with Crippen LogP contribution in [0.5, 0.6) is 0 Å². The lowest BCUT2D eigenvalue weighted by atomic mass is 10.1. The lowest BCUT2D eigenvalue weighted by molar-refractivity contribution is 0.943. The van der Waals surface area contributed by atoms with Crippen molar-refractivity contribution in [1.82, 2.24) is 0 Å². The van der Waals surface area contributed by atoms with Gasteiger partial charge in [0, 0.05) is 11.8 Å². The van der Waals surface area contributed by atoms with Gasteiger partial charge in [-0.25, -0.2) is 0 Å². The van der Waals surface area contributed by atoms with Gasteiger partial charge in [0.25, 0.3) is 0 Å². The molecule has 78 valence electrons. The maximum Gasteiger partial charge on any atom is 0.0911 e. The molecule has 1 aliphatic rings. The standard InChI is InChI=1S/C12H14N2O/c1-4-13-12-8-6-9(2)5-7-11(12)10(3)14-15/h4-9H,1H2,2-3H3/b11-10+,13-12-/t9-/m0/s1. The van der Waals surface area contributed by atoms with E-state index >= 15 is 0 Å². The number of nitrogens with zero attached hydrogens (tertiary/aromatic N) is 2. The molecule has 0 amide bonds. The van der Waals surface area contributed by atoms with Gasteiger partial charge in [0.05, 0.1) is 11.4 Å². The normalized spacial score (nSPS) is 26.3. The Hall–Kier alpha value is -1.77. The van der Waals surface area contributed by atoms with Crippen molar-refractivity contribution in [2.75, 3.05) is 0 Å². The highest BCUT2D eigenvalue weighted by Gasteiger charge is 2.09. The van der Waals surface area contributed by atoms with E-state index in [0.29, 0.717) is 11.6 Å². The van der Waals surface area contributed by atoms with Gasteiger partial charge < -0.3 is 0 Å². The maximum atomic E-state index is 10.5. The summed E-state index contributed by atoms with van der Waals surface area (Å²) in [7, 11) is 0. The lowest BCUT2D eigenvalue weighted by Crippen LogP contribution is -1.97. The third kappa shape index (κ3) is 2.84. The SMILES string of the molecule is C=C/N=C1/C=C[C@@H](C)C=C/C1=C(/C)N=O. The number of nitroso groups, excluding NO2 is 1. The predicted molar refractivity (Wildman–Crippen MR) is 63.6 cm³/mol. The zero-order valence-electron chi connectivity index (χ0n) is 8.97. The minimum absolute atomic E-state index is 0.331. The molecule has 0 aromatic rings. The molecule has 0 bridgehead atoms. The Bertz CT molecular complexity index is 386. The van der Waals surface area contributed by atoms with Crippen LogP contribution in [-0.2, 0) is 0 Å². The molecule has 1 atom stereocenters. The van der Waals surface area contributed by atoms with Gasteiger partial charge in [0.2, 0.25) is 0 Å². The predicted octanol–water partition coefficient (Wildman–Crippen LogP) is 3.37. The molecular formula is C12H14N2O. The molecule has 0 N–H and O–H groups in total. The third-order valence-corrected chi connectivity index (χ3v) is 2.16. The molecule has 0 fully saturated rings. The van der Waals surface area contributed by atoms with Crippen LogP contribution in [0.25, 0.3) is 0 Å². The molecule has 0 aromatic carbocycles. The van der Waals surface area contributed by atoms with Gasteiger partial charge in [0.1, 0.15) is 0 Å². The fraction of sp³-hybridized carbons (Fsp3) is 0.250. The second-order valence-corrected chi connectivity index (χ2v) is 3.36. The fourth-order valence-electron chi connectivity index (χ4n) is 1.30. The van der Waals surface area contributed by atoms with Crippen molar-refractivity contribution >= 4 is 5.71 Å².